The number of thiazole rings is 1. The number of aryl methyl sites for hydroxylation is 1. The van der Waals surface area contributed by atoms with Gasteiger partial charge in [-0.05, 0) is 13.1 Å². The van der Waals surface area contributed by atoms with Crippen LogP contribution in [0.25, 0.3) is 0 Å². The van der Waals surface area contributed by atoms with Crippen molar-refractivity contribution in [1.29, 1.82) is 0 Å². The zero-order chi connectivity index (χ0) is 13.3. The van der Waals surface area contributed by atoms with Gasteiger partial charge < -0.3 is 5.32 Å². The van der Waals surface area contributed by atoms with Gasteiger partial charge in [0.05, 0.1) is 11.7 Å². The van der Waals surface area contributed by atoms with Gasteiger partial charge in [-0.1, -0.05) is 0 Å². The molecule has 0 saturated carbocycles. The number of nitrogens with one attached hydrogen (secondary N) is 1. The van der Waals surface area contributed by atoms with Crippen LogP contribution in [0.3, 0.4) is 0 Å². The Morgan fingerprint density at radius 3 is 2.61 bits per heavy atom. The van der Waals surface area contributed by atoms with Crippen LogP contribution in [0.15, 0.2) is 18.5 Å². The average Bonchev–Trinajstić information content (AvgIpc) is 2.89. The maximum atomic E-state index is 12.5. The molecule has 18 heavy (non-hydrogen) atoms. The van der Waals surface area contributed by atoms with Crippen molar-refractivity contribution in [2.24, 2.45) is 7.05 Å². The molecule has 0 radical (unpaired) electrons. The second-order valence-corrected chi connectivity index (χ2v) is 4.73. The SMILES string of the molecule is CNC(c1cnc(C(F)(F)F)s1)c1ccnn1C. The molecule has 2 rings (SSSR count). The van der Waals surface area contributed by atoms with E-state index >= 15 is 0 Å². The molecular formula is C10H11F3N4S. The van der Waals surface area contributed by atoms with E-state index < -0.39 is 11.2 Å². The van der Waals surface area contributed by atoms with Crippen molar-refractivity contribution in [1.82, 2.24) is 20.1 Å². The zero-order valence-corrected chi connectivity index (χ0v) is 10.5. The number of rotatable bonds is 3. The Balaban J connectivity index is 2.35. The fraction of sp³-hybridized carbons (Fsp3) is 0.400. The maximum Gasteiger partial charge on any atom is 0.443 e. The summed E-state index contributed by atoms with van der Waals surface area (Å²) in [4.78, 5) is 3.93. The van der Waals surface area contributed by atoms with E-state index in [1.165, 1.54) is 6.20 Å². The summed E-state index contributed by atoms with van der Waals surface area (Å²) in [5.41, 5.74) is 0.787. The summed E-state index contributed by atoms with van der Waals surface area (Å²) in [7, 11) is 3.43. The first kappa shape index (κ1) is 13.0. The maximum absolute atomic E-state index is 12.5. The van der Waals surface area contributed by atoms with Gasteiger partial charge in [-0.25, -0.2) is 4.98 Å². The first-order valence-electron chi connectivity index (χ1n) is 5.11. The molecule has 98 valence electrons. The second-order valence-electron chi connectivity index (χ2n) is 3.67. The number of hydrogen-bond donors (Lipinski definition) is 1. The van der Waals surface area contributed by atoms with Crippen LogP contribution in [0.4, 0.5) is 13.2 Å². The molecule has 0 saturated heterocycles. The Bertz CT molecular complexity index is 531. The molecule has 0 bridgehead atoms. The molecule has 2 aromatic rings. The average molecular weight is 276 g/mol. The Morgan fingerprint density at radius 1 is 1.44 bits per heavy atom. The van der Waals surface area contributed by atoms with Gasteiger partial charge in [-0.15, -0.1) is 11.3 Å². The van der Waals surface area contributed by atoms with Crippen molar-refractivity contribution in [2.45, 2.75) is 12.2 Å². The van der Waals surface area contributed by atoms with Crippen LogP contribution >= 0.6 is 11.3 Å². The molecule has 1 N–H and O–H groups in total. The van der Waals surface area contributed by atoms with E-state index in [0.717, 1.165) is 5.69 Å². The lowest BCUT2D eigenvalue weighted by Gasteiger charge is -2.14. The van der Waals surface area contributed by atoms with E-state index in [0.29, 0.717) is 16.2 Å². The largest absolute Gasteiger partial charge is 0.443 e. The Kier molecular flexibility index (Phi) is 3.40. The summed E-state index contributed by atoms with van der Waals surface area (Å²) in [5.74, 6) is 0. The number of alkyl halides is 3. The van der Waals surface area contributed by atoms with Gasteiger partial charge in [0.1, 0.15) is 0 Å². The molecule has 2 heterocycles. The Morgan fingerprint density at radius 2 is 2.17 bits per heavy atom. The van der Waals surface area contributed by atoms with Crippen LogP contribution in [0.2, 0.25) is 0 Å². The lowest BCUT2D eigenvalue weighted by Crippen LogP contribution is -2.19. The third-order valence-corrected chi connectivity index (χ3v) is 3.60. The topological polar surface area (TPSA) is 42.7 Å². The smallest absolute Gasteiger partial charge is 0.307 e. The van der Waals surface area contributed by atoms with Gasteiger partial charge in [-0.3, -0.25) is 4.68 Å². The number of hydrogen-bond acceptors (Lipinski definition) is 4. The number of halogens is 3. The van der Waals surface area contributed by atoms with Crippen molar-refractivity contribution in [2.75, 3.05) is 7.05 Å². The minimum absolute atomic E-state index is 0.342. The summed E-state index contributed by atoms with van der Waals surface area (Å²) in [6.07, 6.45) is -1.54. The molecule has 0 aliphatic rings. The van der Waals surface area contributed by atoms with Crippen LogP contribution in [0.5, 0.6) is 0 Å². The lowest BCUT2D eigenvalue weighted by atomic mass is 10.2. The minimum atomic E-state index is -4.40. The lowest BCUT2D eigenvalue weighted by molar-refractivity contribution is -0.137. The molecule has 0 amide bonds. The normalized spacial score (nSPS) is 13.8. The molecule has 1 unspecified atom stereocenters. The van der Waals surface area contributed by atoms with Crippen LogP contribution in [0.1, 0.15) is 21.6 Å². The van der Waals surface area contributed by atoms with Gasteiger partial charge in [0, 0.05) is 24.3 Å². The molecule has 0 aliphatic heterocycles. The van der Waals surface area contributed by atoms with Crippen molar-refractivity contribution in [3.8, 4) is 0 Å². The standard InChI is InChI=1S/C10H11F3N4S/c1-14-8(6-3-4-16-17(6)2)7-5-15-9(18-7)10(11,12)13/h3-5,8,14H,1-2H3. The quantitative estimate of drug-likeness (QED) is 0.934. The monoisotopic (exact) mass is 276 g/mol. The van der Waals surface area contributed by atoms with Crippen LogP contribution in [-0.4, -0.2) is 21.8 Å². The van der Waals surface area contributed by atoms with E-state index in [1.54, 1.807) is 31.0 Å². The first-order valence-corrected chi connectivity index (χ1v) is 5.93. The van der Waals surface area contributed by atoms with E-state index in [-0.39, 0.29) is 6.04 Å². The third-order valence-electron chi connectivity index (χ3n) is 2.49. The van der Waals surface area contributed by atoms with Crippen molar-refractivity contribution >= 4 is 11.3 Å². The fourth-order valence-corrected chi connectivity index (χ4v) is 2.56. The summed E-state index contributed by atoms with van der Waals surface area (Å²) in [6, 6.07) is 1.42. The molecule has 0 fully saturated rings. The van der Waals surface area contributed by atoms with E-state index in [4.69, 9.17) is 0 Å². The molecule has 0 aliphatic carbocycles. The van der Waals surface area contributed by atoms with Crippen molar-refractivity contribution in [3.63, 3.8) is 0 Å². The summed E-state index contributed by atoms with van der Waals surface area (Å²) in [5, 5.41) is 6.14. The summed E-state index contributed by atoms with van der Waals surface area (Å²) >= 11 is 0.640. The fourth-order valence-electron chi connectivity index (χ4n) is 1.65. The molecule has 0 spiro atoms. The van der Waals surface area contributed by atoms with Gasteiger partial charge in [0.2, 0.25) is 0 Å². The molecule has 8 heteroatoms. The van der Waals surface area contributed by atoms with Crippen molar-refractivity contribution < 1.29 is 13.2 Å². The highest BCUT2D eigenvalue weighted by molar-refractivity contribution is 7.11. The summed E-state index contributed by atoms with van der Waals surface area (Å²) in [6.45, 7) is 0. The van der Waals surface area contributed by atoms with Crippen LogP contribution in [0, 0.1) is 0 Å². The van der Waals surface area contributed by atoms with Crippen molar-refractivity contribution in [3.05, 3.63) is 34.0 Å². The molecule has 2 aromatic heterocycles. The minimum Gasteiger partial charge on any atom is -0.307 e. The van der Waals surface area contributed by atoms with Gasteiger partial charge in [0.25, 0.3) is 0 Å². The van der Waals surface area contributed by atoms with Gasteiger partial charge in [-0.2, -0.15) is 18.3 Å². The Hall–Kier alpha value is -1.41. The van der Waals surface area contributed by atoms with E-state index in [9.17, 15) is 13.2 Å². The predicted molar refractivity (Wildman–Crippen MR) is 61.2 cm³/mol. The highest BCUT2D eigenvalue weighted by Gasteiger charge is 2.35. The van der Waals surface area contributed by atoms with Gasteiger partial charge >= 0.3 is 6.18 Å². The van der Waals surface area contributed by atoms with E-state index in [1.807, 2.05) is 0 Å². The molecular weight excluding hydrogens is 265 g/mol. The van der Waals surface area contributed by atoms with Gasteiger partial charge in [0.15, 0.2) is 5.01 Å². The molecule has 0 aromatic carbocycles. The third kappa shape index (κ3) is 2.39. The number of aromatic nitrogens is 3. The van der Waals surface area contributed by atoms with E-state index in [2.05, 4.69) is 15.4 Å². The molecule has 4 nitrogen and oxygen atoms in total. The zero-order valence-electron chi connectivity index (χ0n) is 9.69. The summed E-state index contributed by atoms with van der Waals surface area (Å²) < 4.78 is 39.1. The Labute approximate surface area is 105 Å². The van der Waals surface area contributed by atoms with Crippen LogP contribution in [-0.2, 0) is 13.2 Å². The first-order chi connectivity index (χ1) is 8.43. The second kappa shape index (κ2) is 4.69. The predicted octanol–water partition coefficient (Wildman–Crippen LogP) is 2.20. The van der Waals surface area contributed by atoms with Crippen LogP contribution < -0.4 is 5.32 Å². The highest BCUT2D eigenvalue weighted by atomic mass is 32.1. The highest BCUT2D eigenvalue weighted by Crippen LogP contribution is 2.35. The number of nitrogens with zero attached hydrogens (tertiary/aromatic N) is 3. The molecule has 1 atom stereocenters.